The van der Waals surface area contributed by atoms with Gasteiger partial charge in [0.1, 0.15) is 6.61 Å². The van der Waals surface area contributed by atoms with Gasteiger partial charge in [-0.05, 0) is 42.4 Å². The van der Waals surface area contributed by atoms with Gasteiger partial charge in [0.2, 0.25) is 0 Å². The first-order valence-corrected chi connectivity index (χ1v) is 11.0. The maximum absolute atomic E-state index is 12.2. The number of nitrogens with one attached hydrogen (secondary N) is 1. The van der Waals surface area contributed by atoms with Gasteiger partial charge in [0.05, 0.1) is 11.9 Å². The molecule has 10 heteroatoms. The average molecular weight is 456 g/mol. The minimum absolute atomic E-state index is 0.0373. The predicted octanol–water partition coefficient (Wildman–Crippen LogP) is 1.95. The molecule has 1 aromatic heterocycles. The van der Waals surface area contributed by atoms with E-state index >= 15 is 0 Å². The molecule has 1 aliphatic rings. The number of ether oxygens (including phenoxy) is 1. The van der Waals surface area contributed by atoms with E-state index < -0.39 is 17.9 Å². The number of fused-ring (bicyclic) bond motifs is 1. The summed E-state index contributed by atoms with van der Waals surface area (Å²) in [6, 6.07) is 7.29. The highest BCUT2D eigenvalue weighted by molar-refractivity contribution is 6.01. The van der Waals surface area contributed by atoms with Crippen molar-refractivity contribution >= 4 is 34.8 Å². The molecule has 1 N–H and O–H groups in total. The Bertz CT molecular complexity index is 1020. The third kappa shape index (κ3) is 6.72. The zero-order valence-electron chi connectivity index (χ0n) is 18.8. The summed E-state index contributed by atoms with van der Waals surface area (Å²) in [6.07, 6.45) is 0.949. The maximum atomic E-state index is 12.2. The molecule has 0 saturated carbocycles. The molecule has 10 nitrogen and oxygen atoms in total. The van der Waals surface area contributed by atoms with Gasteiger partial charge in [0.25, 0.3) is 11.8 Å². The van der Waals surface area contributed by atoms with E-state index in [4.69, 9.17) is 9.57 Å². The highest BCUT2D eigenvalue weighted by Gasteiger charge is 2.32. The number of carbonyl (C=O) groups excluding carboxylic acids is 4. The maximum Gasteiger partial charge on any atom is 0.432 e. The van der Waals surface area contributed by atoms with Crippen LogP contribution in [0.2, 0.25) is 0 Å². The van der Waals surface area contributed by atoms with E-state index in [1.165, 1.54) is 0 Å². The molecule has 1 aromatic carbocycles. The van der Waals surface area contributed by atoms with Gasteiger partial charge < -0.3 is 19.8 Å². The molecule has 1 fully saturated rings. The number of benzene rings is 1. The number of hydrogen-bond donors (Lipinski definition) is 1. The molecule has 0 radical (unpaired) electrons. The topological polar surface area (TPSA) is 118 Å². The second kappa shape index (κ2) is 11.4. The molecule has 0 atom stereocenters. The molecule has 0 bridgehead atoms. The van der Waals surface area contributed by atoms with E-state index in [2.05, 4.69) is 29.0 Å². The van der Waals surface area contributed by atoms with E-state index in [9.17, 15) is 19.2 Å². The number of nitrogens with zero attached hydrogens (tertiary/aromatic N) is 3. The SMILES string of the molecule is CCN(CC)CCOC(=O)Cc1cnc2ccc(CNC(=O)ON3C(=O)CCC3=O)cc2c1. The predicted molar refractivity (Wildman–Crippen MR) is 119 cm³/mol. The number of aromatic nitrogens is 1. The summed E-state index contributed by atoms with van der Waals surface area (Å²) in [5.41, 5.74) is 2.23. The van der Waals surface area contributed by atoms with Gasteiger partial charge in [-0.3, -0.25) is 19.4 Å². The van der Waals surface area contributed by atoms with Crippen LogP contribution in [0.25, 0.3) is 10.9 Å². The van der Waals surface area contributed by atoms with Crippen LogP contribution in [0.1, 0.15) is 37.8 Å². The number of amides is 3. The number of pyridine rings is 1. The van der Waals surface area contributed by atoms with E-state index in [1.807, 2.05) is 12.1 Å². The van der Waals surface area contributed by atoms with Crippen molar-refractivity contribution < 1.29 is 28.8 Å². The third-order valence-corrected chi connectivity index (χ3v) is 5.33. The normalized spacial score (nSPS) is 13.6. The molecular formula is C23H28N4O6. The quantitative estimate of drug-likeness (QED) is 0.426. The number of esters is 1. The summed E-state index contributed by atoms with van der Waals surface area (Å²) >= 11 is 0. The van der Waals surface area contributed by atoms with Crippen molar-refractivity contribution in [2.45, 2.75) is 39.7 Å². The van der Waals surface area contributed by atoms with Crippen LogP contribution in [0.5, 0.6) is 0 Å². The summed E-state index contributed by atoms with van der Waals surface area (Å²) in [5.74, 6) is -1.38. The standard InChI is InChI=1S/C23H28N4O6/c1-3-26(4-2)9-10-32-22(30)13-17-12-18-11-16(5-6-19(18)24-15-17)14-25-23(31)33-27-20(28)7-8-21(27)29/h5-6,11-12,15H,3-4,7-10,13-14H2,1-2H3,(H,25,31). The lowest BCUT2D eigenvalue weighted by atomic mass is 10.1. The van der Waals surface area contributed by atoms with E-state index in [0.717, 1.165) is 35.1 Å². The summed E-state index contributed by atoms with van der Waals surface area (Å²) < 4.78 is 5.33. The Balaban J connectivity index is 1.54. The lowest BCUT2D eigenvalue weighted by molar-refractivity contribution is -0.171. The Labute approximate surface area is 191 Å². The molecule has 0 spiro atoms. The molecule has 3 amide bonds. The van der Waals surface area contributed by atoms with Gasteiger partial charge in [0, 0.05) is 37.5 Å². The van der Waals surface area contributed by atoms with Crippen molar-refractivity contribution in [1.29, 1.82) is 0 Å². The zero-order valence-corrected chi connectivity index (χ0v) is 18.8. The minimum Gasteiger partial charge on any atom is -0.464 e. The third-order valence-electron chi connectivity index (χ3n) is 5.33. The monoisotopic (exact) mass is 456 g/mol. The van der Waals surface area contributed by atoms with Crippen molar-refractivity contribution in [3.05, 3.63) is 41.6 Å². The Morgan fingerprint density at radius 3 is 2.48 bits per heavy atom. The molecule has 2 heterocycles. The fourth-order valence-electron chi connectivity index (χ4n) is 3.43. The number of imide groups is 1. The van der Waals surface area contributed by atoms with Gasteiger partial charge in [-0.25, -0.2) is 4.79 Å². The minimum atomic E-state index is -0.891. The second-order valence-corrected chi connectivity index (χ2v) is 7.61. The van der Waals surface area contributed by atoms with Gasteiger partial charge >= 0.3 is 12.1 Å². The number of likely N-dealkylation sites (N-methyl/N-ethyl adjacent to an activating group) is 1. The smallest absolute Gasteiger partial charge is 0.432 e. The summed E-state index contributed by atoms with van der Waals surface area (Å²) in [4.78, 5) is 58.5. The first kappa shape index (κ1) is 24.1. The van der Waals surface area contributed by atoms with Crippen molar-refractivity contribution in [2.24, 2.45) is 0 Å². The summed E-state index contributed by atoms with van der Waals surface area (Å²) in [7, 11) is 0. The van der Waals surface area contributed by atoms with Crippen LogP contribution in [0.4, 0.5) is 4.79 Å². The average Bonchev–Trinajstić information content (AvgIpc) is 3.12. The Hall–Kier alpha value is -3.53. The Morgan fingerprint density at radius 1 is 1.09 bits per heavy atom. The molecule has 0 aliphatic carbocycles. The molecule has 3 rings (SSSR count). The Morgan fingerprint density at radius 2 is 1.79 bits per heavy atom. The van der Waals surface area contributed by atoms with Crippen molar-refractivity contribution in [1.82, 2.24) is 20.3 Å². The molecule has 33 heavy (non-hydrogen) atoms. The molecule has 176 valence electrons. The second-order valence-electron chi connectivity index (χ2n) is 7.61. The van der Waals surface area contributed by atoms with E-state index in [-0.39, 0.29) is 31.8 Å². The Kier molecular flexibility index (Phi) is 8.31. The van der Waals surface area contributed by atoms with Gasteiger partial charge in [-0.15, -0.1) is 5.06 Å². The lowest BCUT2D eigenvalue weighted by Gasteiger charge is -2.17. The van der Waals surface area contributed by atoms with Crippen LogP contribution >= 0.6 is 0 Å². The highest BCUT2D eigenvalue weighted by atomic mass is 16.7. The zero-order chi connectivity index (χ0) is 23.8. The van der Waals surface area contributed by atoms with Crippen molar-refractivity contribution in [3.8, 4) is 0 Å². The summed E-state index contributed by atoms with van der Waals surface area (Å²) in [6.45, 7) is 7.12. The highest BCUT2D eigenvalue weighted by Crippen LogP contribution is 2.17. The fourth-order valence-corrected chi connectivity index (χ4v) is 3.43. The van der Waals surface area contributed by atoms with Gasteiger partial charge in [-0.2, -0.15) is 0 Å². The first-order valence-electron chi connectivity index (χ1n) is 11.0. The van der Waals surface area contributed by atoms with Crippen molar-refractivity contribution in [3.63, 3.8) is 0 Å². The van der Waals surface area contributed by atoms with Crippen LogP contribution in [0.3, 0.4) is 0 Å². The molecule has 2 aromatic rings. The lowest BCUT2D eigenvalue weighted by Crippen LogP contribution is -2.36. The van der Waals surface area contributed by atoms with Crippen LogP contribution in [0.15, 0.2) is 30.5 Å². The fraction of sp³-hybridized carbons (Fsp3) is 0.435. The van der Waals surface area contributed by atoms with Crippen molar-refractivity contribution in [2.75, 3.05) is 26.2 Å². The molecule has 0 unspecified atom stereocenters. The number of rotatable bonds is 10. The first-order chi connectivity index (χ1) is 15.9. The molecule has 1 aliphatic heterocycles. The molecule has 1 saturated heterocycles. The van der Waals surface area contributed by atoms with Gasteiger partial charge in [-0.1, -0.05) is 19.9 Å². The largest absolute Gasteiger partial charge is 0.464 e. The van der Waals surface area contributed by atoms with Crippen LogP contribution < -0.4 is 5.32 Å². The number of hydroxylamine groups is 2. The number of carbonyl (C=O) groups is 4. The van der Waals surface area contributed by atoms with Gasteiger partial charge in [0.15, 0.2) is 0 Å². The number of hydrogen-bond acceptors (Lipinski definition) is 8. The van der Waals surface area contributed by atoms with Crippen LogP contribution in [-0.4, -0.2) is 65.1 Å². The van der Waals surface area contributed by atoms with Crippen LogP contribution in [-0.2, 0) is 36.9 Å². The van der Waals surface area contributed by atoms with Crippen LogP contribution in [0, 0.1) is 0 Å². The molecular weight excluding hydrogens is 428 g/mol. The summed E-state index contributed by atoms with van der Waals surface area (Å²) in [5, 5.41) is 3.81. The van der Waals surface area contributed by atoms with E-state index in [1.54, 1.807) is 18.3 Å². The van der Waals surface area contributed by atoms with E-state index in [0.29, 0.717) is 18.2 Å².